The Labute approximate surface area is 166 Å². The number of aryl methyl sites for hydroxylation is 1. The van der Waals surface area contributed by atoms with Crippen LogP contribution in [0.5, 0.6) is 11.5 Å². The van der Waals surface area contributed by atoms with E-state index in [1.807, 2.05) is 37.3 Å². The Bertz CT molecular complexity index is 1120. The fourth-order valence-electron chi connectivity index (χ4n) is 3.70. The van der Waals surface area contributed by atoms with E-state index in [1.165, 1.54) is 0 Å². The molecule has 8 nitrogen and oxygen atoms in total. The molecule has 2 amide bonds. The first-order valence-electron chi connectivity index (χ1n) is 9.25. The van der Waals surface area contributed by atoms with Crippen molar-refractivity contribution in [2.24, 2.45) is 0 Å². The molecule has 5 rings (SSSR count). The van der Waals surface area contributed by atoms with Gasteiger partial charge in [-0.1, -0.05) is 30.3 Å². The Morgan fingerprint density at radius 1 is 1.21 bits per heavy atom. The number of nitrogens with one attached hydrogen (secondary N) is 2. The number of nitrogens with zero attached hydrogens (tertiary/aromatic N) is 2. The Morgan fingerprint density at radius 2 is 2.00 bits per heavy atom. The zero-order valence-corrected chi connectivity index (χ0v) is 15.6. The molecule has 146 valence electrons. The van der Waals surface area contributed by atoms with Crippen LogP contribution in [0.25, 0.3) is 11.1 Å². The molecular formula is C21H18N4O4. The van der Waals surface area contributed by atoms with E-state index >= 15 is 0 Å². The van der Waals surface area contributed by atoms with Gasteiger partial charge in [0.05, 0.1) is 12.1 Å². The van der Waals surface area contributed by atoms with Crippen LogP contribution in [0.1, 0.15) is 18.2 Å². The molecule has 3 heterocycles. The van der Waals surface area contributed by atoms with E-state index in [0.717, 1.165) is 16.8 Å². The molecule has 0 radical (unpaired) electrons. The largest absolute Gasteiger partial charge is 0.454 e. The van der Waals surface area contributed by atoms with Crippen molar-refractivity contribution >= 4 is 23.3 Å². The standard InChI is InChI=1S/C21H18N4O4/c1-12-19(13-5-3-2-4-6-13)20-23-21(27)15(25(20)24-12)10-18(26)22-14-7-8-16-17(9-14)29-11-28-16/h2-9,15H,10-11H2,1H3,(H,22,26)(H,23,27). The number of carbonyl (C=O) groups is 2. The Morgan fingerprint density at radius 3 is 2.83 bits per heavy atom. The van der Waals surface area contributed by atoms with Gasteiger partial charge in [0.1, 0.15) is 11.9 Å². The number of rotatable bonds is 4. The van der Waals surface area contributed by atoms with Gasteiger partial charge in [-0.3, -0.25) is 9.59 Å². The highest BCUT2D eigenvalue weighted by Gasteiger charge is 2.36. The van der Waals surface area contributed by atoms with Crippen molar-refractivity contribution in [3.05, 3.63) is 54.2 Å². The van der Waals surface area contributed by atoms with Crippen molar-refractivity contribution in [1.82, 2.24) is 9.78 Å². The van der Waals surface area contributed by atoms with Crippen molar-refractivity contribution < 1.29 is 19.1 Å². The van der Waals surface area contributed by atoms with Gasteiger partial charge in [0.2, 0.25) is 12.7 Å². The van der Waals surface area contributed by atoms with E-state index in [4.69, 9.17) is 9.47 Å². The molecule has 1 aromatic heterocycles. The zero-order chi connectivity index (χ0) is 20.0. The van der Waals surface area contributed by atoms with E-state index in [2.05, 4.69) is 15.7 Å². The minimum atomic E-state index is -0.699. The first-order chi connectivity index (χ1) is 14.1. The fraction of sp³-hybridized carbons (Fsp3) is 0.190. The van der Waals surface area contributed by atoms with Gasteiger partial charge in [-0.15, -0.1) is 0 Å². The molecule has 1 atom stereocenters. The summed E-state index contributed by atoms with van der Waals surface area (Å²) < 4.78 is 12.2. The quantitative estimate of drug-likeness (QED) is 0.714. The number of hydrogen-bond donors (Lipinski definition) is 2. The molecule has 29 heavy (non-hydrogen) atoms. The number of amides is 2. The number of fused-ring (bicyclic) bond motifs is 2. The second kappa shape index (κ2) is 6.66. The normalized spacial score (nSPS) is 16.4. The lowest BCUT2D eigenvalue weighted by Gasteiger charge is -2.10. The molecule has 0 saturated heterocycles. The molecule has 2 aromatic carbocycles. The Kier molecular flexibility index (Phi) is 3.97. The summed E-state index contributed by atoms with van der Waals surface area (Å²) in [5.41, 5.74) is 3.22. The summed E-state index contributed by atoms with van der Waals surface area (Å²) in [6.45, 7) is 2.06. The van der Waals surface area contributed by atoms with Crippen LogP contribution < -0.4 is 20.1 Å². The van der Waals surface area contributed by atoms with Crippen LogP contribution in [-0.2, 0) is 9.59 Å². The van der Waals surface area contributed by atoms with Gasteiger partial charge in [-0.2, -0.15) is 5.10 Å². The van der Waals surface area contributed by atoms with Crippen LogP contribution in [0.2, 0.25) is 0 Å². The van der Waals surface area contributed by atoms with Crippen LogP contribution in [0.15, 0.2) is 48.5 Å². The van der Waals surface area contributed by atoms with Crippen LogP contribution in [-0.4, -0.2) is 28.4 Å². The van der Waals surface area contributed by atoms with Gasteiger partial charge in [-0.25, -0.2) is 4.68 Å². The van der Waals surface area contributed by atoms with Crippen LogP contribution in [0.4, 0.5) is 11.5 Å². The van der Waals surface area contributed by atoms with Gasteiger partial charge < -0.3 is 20.1 Å². The van der Waals surface area contributed by atoms with Gasteiger partial charge in [0, 0.05) is 17.3 Å². The SMILES string of the molecule is Cc1nn2c(c1-c1ccccc1)NC(=O)C2CC(=O)Nc1ccc2c(c1)OCO2. The van der Waals surface area contributed by atoms with Crippen LogP contribution in [0.3, 0.4) is 0 Å². The third-order valence-corrected chi connectivity index (χ3v) is 5.02. The summed E-state index contributed by atoms with van der Waals surface area (Å²) >= 11 is 0. The third kappa shape index (κ3) is 2.98. The molecule has 1 unspecified atom stereocenters. The predicted octanol–water partition coefficient (Wildman–Crippen LogP) is 3.11. The lowest BCUT2D eigenvalue weighted by Crippen LogP contribution is -2.23. The highest BCUT2D eigenvalue weighted by atomic mass is 16.7. The van der Waals surface area contributed by atoms with Crippen LogP contribution in [0, 0.1) is 6.92 Å². The molecule has 2 aliphatic rings. The van der Waals surface area contributed by atoms with Gasteiger partial charge in [-0.05, 0) is 24.6 Å². The molecule has 3 aromatic rings. The van der Waals surface area contributed by atoms with Crippen molar-refractivity contribution in [3.63, 3.8) is 0 Å². The number of anilines is 2. The fourth-order valence-corrected chi connectivity index (χ4v) is 3.70. The summed E-state index contributed by atoms with van der Waals surface area (Å²) in [5, 5.41) is 10.2. The van der Waals surface area contributed by atoms with Crippen LogP contribution >= 0.6 is 0 Å². The highest BCUT2D eigenvalue weighted by Crippen LogP contribution is 2.38. The molecule has 2 N–H and O–H groups in total. The average Bonchev–Trinajstić information content (AvgIpc) is 3.37. The third-order valence-electron chi connectivity index (χ3n) is 5.02. The lowest BCUT2D eigenvalue weighted by atomic mass is 10.1. The van der Waals surface area contributed by atoms with E-state index in [9.17, 15) is 9.59 Å². The number of aromatic nitrogens is 2. The minimum absolute atomic E-state index is 0.0252. The first-order valence-corrected chi connectivity index (χ1v) is 9.25. The number of carbonyl (C=O) groups excluding carboxylic acids is 2. The Balaban J connectivity index is 1.37. The maximum absolute atomic E-state index is 12.6. The summed E-state index contributed by atoms with van der Waals surface area (Å²) in [6.07, 6.45) is -0.0252. The minimum Gasteiger partial charge on any atom is -0.454 e. The van der Waals surface area contributed by atoms with E-state index in [0.29, 0.717) is 23.0 Å². The Hall–Kier alpha value is -3.81. The van der Waals surface area contributed by atoms with Crippen molar-refractivity contribution in [2.45, 2.75) is 19.4 Å². The molecule has 2 aliphatic heterocycles. The molecule has 0 fully saturated rings. The monoisotopic (exact) mass is 390 g/mol. The summed E-state index contributed by atoms with van der Waals surface area (Å²) in [5.74, 6) is 1.32. The second-order valence-electron chi connectivity index (χ2n) is 6.95. The number of ether oxygens (including phenoxy) is 2. The molecule has 0 saturated carbocycles. The highest BCUT2D eigenvalue weighted by molar-refractivity contribution is 6.04. The number of benzene rings is 2. The average molecular weight is 390 g/mol. The smallest absolute Gasteiger partial charge is 0.251 e. The summed E-state index contributed by atoms with van der Waals surface area (Å²) in [6, 6.07) is 14.2. The molecule has 8 heteroatoms. The van der Waals surface area contributed by atoms with Gasteiger partial charge in [0.15, 0.2) is 11.5 Å². The molecule has 0 spiro atoms. The van der Waals surface area contributed by atoms with E-state index in [1.54, 1.807) is 22.9 Å². The van der Waals surface area contributed by atoms with Crippen molar-refractivity contribution in [3.8, 4) is 22.6 Å². The predicted molar refractivity (Wildman–Crippen MR) is 106 cm³/mol. The van der Waals surface area contributed by atoms with Gasteiger partial charge >= 0.3 is 0 Å². The van der Waals surface area contributed by atoms with Crippen molar-refractivity contribution in [2.75, 3.05) is 17.4 Å². The zero-order valence-electron chi connectivity index (χ0n) is 15.6. The molecule has 0 aliphatic carbocycles. The second-order valence-corrected chi connectivity index (χ2v) is 6.95. The molecular weight excluding hydrogens is 372 g/mol. The number of hydrogen-bond acceptors (Lipinski definition) is 5. The molecule has 0 bridgehead atoms. The van der Waals surface area contributed by atoms with Gasteiger partial charge in [0.25, 0.3) is 5.91 Å². The first kappa shape index (κ1) is 17.3. The summed E-state index contributed by atoms with van der Waals surface area (Å²) in [7, 11) is 0. The maximum Gasteiger partial charge on any atom is 0.251 e. The van der Waals surface area contributed by atoms with E-state index in [-0.39, 0.29) is 25.0 Å². The maximum atomic E-state index is 12.6. The van der Waals surface area contributed by atoms with E-state index < -0.39 is 6.04 Å². The van der Waals surface area contributed by atoms with Crippen molar-refractivity contribution in [1.29, 1.82) is 0 Å². The summed E-state index contributed by atoms with van der Waals surface area (Å²) in [4.78, 5) is 25.1. The lowest BCUT2D eigenvalue weighted by molar-refractivity contribution is -0.123. The topological polar surface area (TPSA) is 94.5 Å².